The van der Waals surface area contributed by atoms with E-state index < -0.39 is 11.3 Å². The van der Waals surface area contributed by atoms with Gasteiger partial charge in [0.05, 0.1) is 5.41 Å². The molecule has 0 unspecified atom stereocenters. The lowest BCUT2D eigenvalue weighted by atomic mass is 9.84. The van der Waals surface area contributed by atoms with Crippen LogP contribution in [0.1, 0.15) is 19.4 Å². The van der Waals surface area contributed by atoms with E-state index in [0.717, 1.165) is 16.7 Å². The van der Waals surface area contributed by atoms with Crippen molar-refractivity contribution in [2.24, 2.45) is 0 Å². The molecule has 0 aromatic heterocycles. The molecule has 0 fully saturated rings. The maximum absolute atomic E-state index is 12.5. The first-order valence-corrected chi connectivity index (χ1v) is 9.40. The van der Waals surface area contributed by atoms with Crippen LogP contribution >= 0.6 is 0 Å². The molecule has 0 saturated carbocycles. The Morgan fingerprint density at radius 1 is 0.793 bits per heavy atom. The Morgan fingerprint density at radius 3 is 2.07 bits per heavy atom. The lowest BCUT2D eigenvalue weighted by Gasteiger charge is -2.24. The van der Waals surface area contributed by atoms with Crippen LogP contribution in [0.25, 0.3) is 11.1 Å². The normalized spacial score (nSPS) is 10.8. The predicted molar refractivity (Wildman–Crippen MR) is 113 cm³/mol. The van der Waals surface area contributed by atoms with Crippen molar-refractivity contribution in [2.75, 3.05) is 6.61 Å². The average molecular weight is 388 g/mol. The molecule has 0 radical (unpaired) electrons. The van der Waals surface area contributed by atoms with Gasteiger partial charge >= 0.3 is 0 Å². The van der Waals surface area contributed by atoms with E-state index in [9.17, 15) is 9.59 Å². The van der Waals surface area contributed by atoms with Crippen molar-refractivity contribution in [3.8, 4) is 16.9 Å². The zero-order valence-electron chi connectivity index (χ0n) is 16.5. The lowest BCUT2D eigenvalue weighted by molar-refractivity contribution is -0.132. The molecule has 2 amide bonds. The maximum atomic E-state index is 12.5. The topological polar surface area (TPSA) is 67.4 Å². The Balaban J connectivity index is 1.57. The third kappa shape index (κ3) is 5.02. The van der Waals surface area contributed by atoms with Crippen molar-refractivity contribution in [3.05, 3.63) is 90.5 Å². The number of rotatable bonds is 6. The first-order chi connectivity index (χ1) is 14.0. The van der Waals surface area contributed by atoms with E-state index in [1.54, 1.807) is 13.8 Å². The highest BCUT2D eigenvalue weighted by Crippen LogP contribution is 2.29. The molecule has 0 saturated heterocycles. The smallest absolute Gasteiger partial charge is 0.276 e. The molecule has 3 rings (SSSR count). The Morgan fingerprint density at radius 2 is 1.38 bits per heavy atom. The molecule has 5 nitrogen and oxygen atoms in total. The molecule has 29 heavy (non-hydrogen) atoms. The highest BCUT2D eigenvalue weighted by Gasteiger charge is 2.29. The molecule has 5 heteroatoms. The minimum absolute atomic E-state index is 0.212. The first kappa shape index (κ1) is 20.1. The summed E-state index contributed by atoms with van der Waals surface area (Å²) in [7, 11) is 0. The van der Waals surface area contributed by atoms with Gasteiger partial charge in [-0.15, -0.1) is 0 Å². The van der Waals surface area contributed by atoms with Gasteiger partial charge in [0, 0.05) is 5.56 Å². The third-order valence-corrected chi connectivity index (χ3v) is 4.71. The third-order valence-electron chi connectivity index (χ3n) is 4.71. The molecule has 0 heterocycles. The number of amides is 2. The number of ether oxygens (including phenoxy) is 1. The summed E-state index contributed by atoms with van der Waals surface area (Å²) in [5.74, 6) is -0.142. The van der Waals surface area contributed by atoms with E-state index in [1.165, 1.54) is 0 Å². The average Bonchev–Trinajstić information content (AvgIpc) is 2.77. The SMILES string of the molecule is CC(C)(C(=O)NNC(=O)COc1ccccc1-c1ccccc1)c1ccccc1. The van der Waals surface area contributed by atoms with Gasteiger partial charge in [0.25, 0.3) is 5.91 Å². The number of carbonyl (C=O) groups is 2. The van der Waals surface area contributed by atoms with Gasteiger partial charge in [-0.25, -0.2) is 0 Å². The van der Waals surface area contributed by atoms with Gasteiger partial charge in [-0.3, -0.25) is 20.4 Å². The van der Waals surface area contributed by atoms with E-state index in [4.69, 9.17) is 4.74 Å². The number of hydrogen-bond acceptors (Lipinski definition) is 3. The molecule has 0 aliphatic heterocycles. The summed E-state index contributed by atoms with van der Waals surface area (Å²) in [5, 5.41) is 0. The summed E-state index contributed by atoms with van der Waals surface area (Å²) in [6, 6.07) is 26.7. The molecule has 0 aliphatic carbocycles. The van der Waals surface area contributed by atoms with Crippen LogP contribution in [0, 0.1) is 0 Å². The molecule has 148 valence electrons. The summed E-state index contributed by atoms with van der Waals surface area (Å²) < 4.78 is 5.69. The summed E-state index contributed by atoms with van der Waals surface area (Å²) in [5.41, 5.74) is 6.89. The number of benzene rings is 3. The molecule has 0 atom stereocenters. The second-order valence-corrected chi connectivity index (χ2v) is 7.14. The van der Waals surface area contributed by atoms with Crippen LogP contribution in [0.5, 0.6) is 5.75 Å². The van der Waals surface area contributed by atoms with Crippen LogP contribution < -0.4 is 15.6 Å². The number of nitrogens with one attached hydrogen (secondary N) is 2. The fraction of sp³-hybridized carbons (Fsp3) is 0.167. The van der Waals surface area contributed by atoms with Gasteiger partial charge in [0.1, 0.15) is 5.75 Å². The lowest BCUT2D eigenvalue weighted by Crippen LogP contribution is -2.50. The van der Waals surface area contributed by atoms with Crippen molar-refractivity contribution in [2.45, 2.75) is 19.3 Å². The molecular weight excluding hydrogens is 364 g/mol. The largest absolute Gasteiger partial charge is 0.483 e. The second kappa shape index (κ2) is 9.06. The fourth-order valence-electron chi connectivity index (χ4n) is 2.90. The van der Waals surface area contributed by atoms with Crippen molar-refractivity contribution < 1.29 is 14.3 Å². The zero-order valence-corrected chi connectivity index (χ0v) is 16.5. The van der Waals surface area contributed by atoms with E-state index in [-0.39, 0.29) is 12.5 Å². The van der Waals surface area contributed by atoms with Crippen molar-refractivity contribution in [1.29, 1.82) is 0 Å². The Kier molecular flexibility index (Phi) is 6.29. The van der Waals surface area contributed by atoms with Gasteiger partial charge in [0.15, 0.2) is 6.61 Å². The van der Waals surface area contributed by atoms with E-state index in [2.05, 4.69) is 10.9 Å². The molecule has 0 aliphatic rings. The molecule has 3 aromatic carbocycles. The molecule has 3 aromatic rings. The summed E-state index contributed by atoms with van der Waals surface area (Å²) in [6.45, 7) is 3.39. The van der Waals surface area contributed by atoms with Crippen molar-refractivity contribution >= 4 is 11.8 Å². The predicted octanol–water partition coefficient (Wildman–Crippen LogP) is 3.86. The van der Waals surface area contributed by atoms with Crippen LogP contribution in [0.2, 0.25) is 0 Å². The maximum Gasteiger partial charge on any atom is 0.276 e. The molecule has 0 spiro atoms. The van der Waals surface area contributed by atoms with Crippen LogP contribution in [0.3, 0.4) is 0 Å². The van der Waals surface area contributed by atoms with Crippen LogP contribution in [0.4, 0.5) is 0 Å². The monoisotopic (exact) mass is 388 g/mol. The number of para-hydroxylation sites is 1. The van der Waals surface area contributed by atoms with Gasteiger partial charge in [0.2, 0.25) is 5.91 Å². The van der Waals surface area contributed by atoms with Crippen molar-refractivity contribution in [3.63, 3.8) is 0 Å². The molecular formula is C24H24N2O3. The minimum atomic E-state index is -0.782. The van der Waals surface area contributed by atoms with Crippen LogP contribution in [0.15, 0.2) is 84.9 Å². The van der Waals surface area contributed by atoms with Crippen LogP contribution in [-0.4, -0.2) is 18.4 Å². The van der Waals surface area contributed by atoms with Gasteiger partial charge in [-0.1, -0.05) is 78.9 Å². The summed E-state index contributed by atoms with van der Waals surface area (Å²) >= 11 is 0. The summed E-state index contributed by atoms with van der Waals surface area (Å²) in [4.78, 5) is 24.7. The molecule has 0 bridgehead atoms. The second-order valence-electron chi connectivity index (χ2n) is 7.14. The van der Waals surface area contributed by atoms with Crippen LogP contribution in [-0.2, 0) is 15.0 Å². The number of hydrogen-bond donors (Lipinski definition) is 2. The van der Waals surface area contributed by atoms with Gasteiger partial charge < -0.3 is 4.74 Å². The zero-order chi connectivity index (χ0) is 20.7. The first-order valence-electron chi connectivity index (χ1n) is 9.40. The summed E-state index contributed by atoms with van der Waals surface area (Å²) in [6.07, 6.45) is 0. The van der Waals surface area contributed by atoms with E-state index in [1.807, 2.05) is 84.9 Å². The number of carbonyl (C=O) groups excluding carboxylic acids is 2. The quantitative estimate of drug-likeness (QED) is 0.630. The molecule has 2 N–H and O–H groups in total. The van der Waals surface area contributed by atoms with Gasteiger partial charge in [-0.05, 0) is 31.0 Å². The minimum Gasteiger partial charge on any atom is -0.483 e. The van der Waals surface area contributed by atoms with E-state index in [0.29, 0.717) is 5.75 Å². The Hall–Kier alpha value is -3.60. The highest BCUT2D eigenvalue weighted by atomic mass is 16.5. The van der Waals surface area contributed by atoms with E-state index >= 15 is 0 Å². The van der Waals surface area contributed by atoms with Crippen molar-refractivity contribution in [1.82, 2.24) is 10.9 Å². The number of hydrazine groups is 1. The highest BCUT2D eigenvalue weighted by molar-refractivity contribution is 5.89. The standard InChI is InChI=1S/C24H24N2O3/c1-24(2,19-13-7-4-8-14-19)23(28)26-25-22(27)17-29-21-16-10-9-15-20(21)18-11-5-3-6-12-18/h3-16H,17H2,1-2H3,(H,25,27)(H,26,28). The Bertz CT molecular complexity index is 970. The Labute approximate surface area is 170 Å². The van der Waals surface area contributed by atoms with Gasteiger partial charge in [-0.2, -0.15) is 0 Å². The fourth-order valence-corrected chi connectivity index (χ4v) is 2.90.